The van der Waals surface area contributed by atoms with Crippen LogP contribution >= 0.6 is 15.9 Å². The second-order valence-corrected chi connectivity index (χ2v) is 4.88. The average molecular weight is 314 g/mol. The second kappa shape index (κ2) is 7.48. The van der Waals surface area contributed by atoms with Gasteiger partial charge in [0.2, 0.25) is 5.91 Å². The summed E-state index contributed by atoms with van der Waals surface area (Å²) < 4.78 is 0.810. The van der Waals surface area contributed by atoms with Gasteiger partial charge in [0, 0.05) is 19.6 Å². The highest BCUT2D eigenvalue weighted by atomic mass is 79.9. The minimum Gasteiger partial charge on any atom is -0.342 e. The van der Waals surface area contributed by atoms with Crippen molar-refractivity contribution in [3.8, 4) is 0 Å². The van der Waals surface area contributed by atoms with Crippen molar-refractivity contribution in [2.45, 2.75) is 33.4 Å². The number of nitrogens with zero attached hydrogens (tertiary/aromatic N) is 2. The highest BCUT2D eigenvalue weighted by molar-refractivity contribution is 9.10. The normalized spacial score (nSPS) is 12.2. The Labute approximate surface area is 117 Å². The van der Waals surface area contributed by atoms with Crippen LogP contribution in [0.5, 0.6) is 0 Å². The van der Waals surface area contributed by atoms with Crippen LogP contribution in [-0.4, -0.2) is 34.9 Å². The zero-order valence-corrected chi connectivity index (χ0v) is 12.7. The van der Waals surface area contributed by atoms with Crippen molar-refractivity contribution >= 4 is 21.8 Å². The minimum atomic E-state index is -0.189. The van der Waals surface area contributed by atoms with Gasteiger partial charge in [-0.25, -0.2) is 4.98 Å². The Morgan fingerprint density at radius 3 is 2.67 bits per heavy atom. The van der Waals surface area contributed by atoms with Gasteiger partial charge in [0.25, 0.3) is 0 Å². The van der Waals surface area contributed by atoms with Crippen LogP contribution in [0.2, 0.25) is 0 Å². The monoisotopic (exact) mass is 313 g/mol. The summed E-state index contributed by atoms with van der Waals surface area (Å²) in [7, 11) is 0. The van der Waals surface area contributed by atoms with Crippen molar-refractivity contribution in [2.75, 3.05) is 13.1 Å². The fourth-order valence-corrected chi connectivity index (χ4v) is 2.08. The maximum Gasteiger partial charge on any atom is 0.239 e. The molecule has 0 aliphatic carbocycles. The van der Waals surface area contributed by atoms with Gasteiger partial charge in [-0.05, 0) is 48.8 Å². The molecule has 0 saturated carbocycles. The molecule has 0 aromatic carbocycles. The van der Waals surface area contributed by atoms with Crippen molar-refractivity contribution in [1.82, 2.24) is 15.2 Å². The highest BCUT2D eigenvalue weighted by Crippen LogP contribution is 2.06. The molecule has 0 aliphatic heterocycles. The number of rotatable bonds is 6. The van der Waals surface area contributed by atoms with E-state index in [0.29, 0.717) is 6.54 Å². The van der Waals surface area contributed by atoms with Crippen LogP contribution in [0.25, 0.3) is 0 Å². The van der Waals surface area contributed by atoms with Crippen molar-refractivity contribution < 1.29 is 4.79 Å². The molecule has 0 fully saturated rings. The zero-order valence-electron chi connectivity index (χ0n) is 11.1. The molecule has 1 aromatic rings. The van der Waals surface area contributed by atoms with E-state index < -0.39 is 0 Å². The average Bonchev–Trinajstić information content (AvgIpc) is 2.37. The predicted octanol–water partition coefficient (Wildman–Crippen LogP) is 2.19. The van der Waals surface area contributed by atoms with E-state index in [1.807, 2.05) is 43.9 Å². The van der Waals surface area contributed by atoms with Gasteiger partial charge < -0.3 is 10.2 Å². The molecule has 0 radical (unpaired) electrons. The first-order valence-corrected chi connectivity index (χ1v) is 7.01. The fourth-order valence-electron chi connectivity index (χ4n) is 1.70. The first kappa shape index (κ1) is 15.1. The van der Waals surface area contributed by atoms with Crippen molar-refractivity contribution in [1.29, 1.82) is 0 Å². The minimum absolute atomic E-state index is 0.134. The van der Waals surface area contributed by atoms with E-state index in [0.717, 1.165) is 23.4 Å². The molecule has 100 valence electrons. The van der Waals surface area contributed by atoms with Gasteiger partial charge in [0.05, 0.1) is 11.7 Å². The maximum atomic E-state index is 12.0. The van der Waals surface area contributed by atoms with E-state index in [1.54, 1.807) is 0 Å². The Bertz CT molecular complexity index is 394. The quantitative estimate of drug-likeness (QED) is 0.819. The second-order valence-electron chi connectivity index (χ2n) is 4.06. The number of halogens is 1. The summed E-state index contributed by atoms with van der Waals surface area (Å²) in [4.78, 5) is 18.2. The number of hydrogen-bond acceptors (Lipinski definition) is 3. The van der Waals surface area contributed by atoms with Crippen LogP contribution in [0.1, 0.15) is 26.5 Å². The molecule has 18 heavy (non-hydrogen) atoms. The molecule has 0 saturated heterocycles. The zero-order chi connectivity index (χ0) is 13.5. The number of pyridine rings is 1. The maximum absolute atomic E-state index is 12.0. The smallest absolute Gasteiger partial charge is 0.239 e. The molecule has 4 nitrogen and oxygen atoms in total. The Balaban J connectivity index is 2.50. The summed E-state index contributed by atoms with van der Waals surface area (Å²) in [5, 5.41) is 3.20. The van der Waals surface area contributed by atoms with E-state index in [4.69, 9.17) is 0 Å². The van der Waals surface area contributed by atoms with Crippen LogP contribution in [0.3, 0.4) is 0 Å². The third-order valence-electron chi connectivity index (χ3n) is 2.81. The van der Waals surface area contributed by atoms with E-state index in [2.05, 4.69) is 26.2 Å². The molecule has 1 rings (SSSR count). The summed E-state index contributed by atoms with van der Waals surface area (Å²) in [6.07, 6.45) is 0. The Kier molecular flexibility index (Phi) is 6.29. The van der Waals surface area contributed by atoms with E-state index in [9.17, 15) is 4.79 Å². The third kappa shape index (κ3) is 4.38. The van der Waals surface area contributed by atoms with Gasteiger partial charge in [-0.3, -0.25) is 4.79 Å². The van der Waals surface area contributed by atoms with E-state index in [-0.39, 0.29) is 11.9 Å². The van der Waals surface area contributed by atoms with Crippen LogP contribution in [0.4, 0.5) is 0 Å². The molecule has 1 N–H and O–H groups in total. The number of amides is 1. The van der Waals surface area contributed by atoms with E-state index >= 15 is 0 Å². The topological polar surface area (TPSA) is 45.2 Å². The van der Waals surface area contributed by atoms with Crippen molar-refractivity contribution in [3.05, 3.63) is 28.5 Å². The first-order valence-electron chi connectivity index (χ1n) is 6.22. The van der Waals surface area contributed by atoms with E-state index in [1.165, 1.54) is 0 Å². The van der Waals surface area contributed by atoms with Crippen molar-refractivity contribution in [2.24, 2.45) is 0 Å². The number of nitrogens with one attached hydrogen (secondary N) is 1. The Morgan fingerprint density at radius 2 is 2.11 bits per heavy atom. The largest absolute Gasteiger partial charge is 0.342 e. The van der Waals surface area contributed by atoms with Gasteiger partial charge in [-0.1, -0.05) is 6.07 Å². The molecule has 0 bridgehead atoms. The molecule has 0 aliphatic rings. The number of hydrogen-bond donors (Lipinski definition) is 1. The summed E-state index contributed by atoms with van der Waals surface area (Å²) in [6.45, 7) is 7.95. The summed E-state index contributed by atoms with van der Waals surface area (Å²) in [5.41, 5.74) is 0.920. The summed E-state index contributed by atoms with van der Waals surface area (Å²) in [6, 6.07) is 5.57. The highest BCUT2D eigenvalue weighted by Gasteiger charge is 2.17. The van der Waals surface area contributed by atoms with Gasteiger partial charge in [-0.15, -0.1) is 0 Å². The first-order chi connectivity index (χ1) is 8.58. The molecule has 0 spiro atoms. The SMILES string of the molecule is CCN(CC)C(=O)C(C)NCc1cccc(Br)n1. The summed E-state index contributed by atoms with van der Waals surface area (Å²) in [5.74, 6) is 0.134. The lowest BCUT2D eigenvalue weighted by atomic mass is 10.2. The summed E-state index contributed by atoms with van der Waals surface area (Å²) >= 11 is 3.33. The van der Waals surface area contributed by atoms with Gasteiger partial charge >= 0.3 is 0 Å². The molecule has 1 heterocycles. The van der Waals surface area contributed by atoms with Crippen molar-refractivity contribution in [3.63, 3.8) is 0 Å². The van der Waals surface area contributed by atoms with Gasteiger partial charge in [0.1, 0.15) is 4.60 Å². The number of carbonyl (C=O) groups is 1. The Morgan fingerprint density at radius 1 is 1.44 bits per heavy atom. The van der Waals surface area contributed by atoms with Crippen LogP contribution < -0.4 is 5.32 Å². The van der Waals surface area contributed by atoms with Crippen LogP contribution in [0, 0.1) is 0 Å². The number of likely N-dealkylation sites (N-methyl/N-ethyl adjacent to an activating group) is 1. The fraction of sp³-hybridized carbons (Fsp3) is 0.538. The molecule has 1 atom stereocenters. The van der Waals surface area contributed by atoms with Crippen LogP contribution in [0.15, 0.2) is 22.8 Å². The molecular weight excluding hydrogens is 294 g/mol. The van der Waals surface area contributed by atoms with Gasteiger partial charge in [-0.2, -0.15) is 0 Å². The number of carbonyl (C=O) groups excluding carboxylic acids is 1. The lowest BCUT2D eigenvalue weighted by Gasteiger charge is -2.23. The number of aromatic nitrogens is 1. The van der Waals surface area contributed by atoms with Gasteiger partial charge in [0.15, 0.2) is 0 Å². The predicted molar refractivity (Wildman–Crippen MR) is 76.2 cm³/mol. The third-order valence-corrected chi connectivity index (χ3v) is 3.25. The standard InChI is InChI=1S/C13H20BrN3O/c1-4-17(5-2)13(18)10(3)15-9-11-7-6-8-12(14)16-11/h6-8,10,15H,4-5,9H2,1-3H3. The lowest BCUT2D eigenvalue weighted by molar-refractivity contribution is -0.132. The Hall–Kier alpha value is -0.940. The van der Waals surface area contributed by atoms with Crippen LogP contribution in [-0.2, 0) is 11.3 Å². The molecule has 5 heteroatoms. The lowest BCUT2D eigenvalue weighted by Crippen LogP contribution is -2.44. The molecule has 1 aromatic heterocycles. The molecular formula is C13H20BrN3O. The molecule has 1 unspecified atom stereocenters. The molecule has 1 amide bonds.